The highest BCUT2D eigenvalue weighted by molar-refractivity contribution is 7.99. The predicted octanol–water partition coefficient (Wildman–Crippen LogP) is 2.32. The molecule has 8 heteroatoms. The summed E-state index contributed by atoms with van der Waals surface area (Å²) < 4.78 is 38.0. The first kappa shape index (κ1) is 18.7. The van der Waals surface area contributed by atoms with Crippen molar-refractivity contribution in [1.82, 2.24) is 15.5 Å². The molecule has 1 aliphatic carbocycles. The van der Waals surface area contributed by atoms with Crippen LogP contribution >= 0.6 is 11.8 Å². The van der Waals surface area contributed by atoms with Gasteiger partial charge in [-0.25, -0.2) is 0 Å². The van der Waals surface area contributed by atoms with E-state index in [4.69, 9.17) is 0 Å². The standard InChI is InChI=1S/C15H27F3N4S/c1-19-14(20-6-7-22-8-10-23-11-9-22)21-13-4-2-12(3-5-13)15(16,17)18/h12-13H,2-11H2,1H3,(H2,19,20,21). The van der Waals surface area contributed by atoms with E-state index < -0.39 is 12.1 Å². The molecular weight excluding hydrogens is 325 g/mol. The minimum Gasteiger partial charge on any atom is -0.355 e. The van der Waals surface area contributed by atoms with Gasteiger partial charge in [-0.05, 0) is 25.7 Å². The fraction of sp³-hybridized carbons (Fsp3) is 0.933. The lowest BCUT2D eigenvalue weighted by Gasteiger charge is -2.31. The lowest BCUT2D eigenvalue weighted by molar-refractivity contribution is -0.182. The van der Waals surface area contributed by atoms with Crippen LogP contribution in [-0.4, -0.2) is 67.8 Å². The Kier molecular flexibility index (Phi) is 7.33. The molecule has 0 radical (unpaired) electrons. The van der Waals surface area contributed by atoms with Crippen molar-refractivity contribution in [3.05, 3.63) is 0 Å². The van der Waals surface area contributed by atoms with Crippen LogP contribution in [0.25, 0.3) is 0 Å². The Labute approximate surface area is 140 Å². The van der Waals surface area contributed by atoms with Gasteiger partial charge in [-0.3, -0.25) is 9.89 Å². The monoisotopic (exact) mass is 352 g/mol. The number of nitrogens with zero attached hydrogens (tertiary/aromatic N) is 2. The first-order chi connectivity index (χ1) is 11.0. The molecule has 4 nitrogen and oxygen atoms in total. The Morgan fingerprint density at radius 1 is 1.17 bits per heavy atom. The number of rotatable bonds is 4. The van der Waals surface area contributed by atoms with E-state index in [1.807, 2.05) is 11.8 Å². The molecular formula is C15H27F3N4S. The number of alkyl halides is 3. The van der Waals surface area contributed by atoms with Gasteiger partial charge in [0.1, 0.15) is 0 Å². The highest BCUT2D eigenvalue weighted by Crippen LogP contribution is 2.37. The Morgan fingerprint density at radius 3 is 2.39 bits per heavy atom. The van der Waals surface area contributed by atoms with Crippen molar-refractivity contribution in [2.75, 3.05) is 44.7 Å². The maximum atomic E-state index is 12.7. The second kappa shape index (κ2) is 9.01. The third-order valence-electron chi connectivity index (χ3n) is 4.58. The zero-order chi connectivity index (χ0) is 16.7. The van der Waals surface area contributed by atoms with Crippen molar-refractivity contribution < 1.29 is 13.2 Å². The summed E-state index contributed by atoms with van der Waals surface area (Å²) in [6.07, 6.45) is -2.52. The smallest absolute Gasteiger partial charge is 0.355 e. The Hall–Kier alpha value is -0.630. The van der Waals surface area contributed by atoms with Crippen molar-refractivity contribution >= 4 is 17.7 Å². The van der Waals surface area contributed by atoms with Gasteiger partial charge in [0, 0.05) is 50.8 Å². The molecule has 1 saturated heterocycles. The van der Waals surface area contributed by atoms with Crippen molar-refractivity contribution in [1.29, 1.82) is 0 Å². The lowest BCUT2D eigenvalue weighted by Crippen LogP contribution is -2.48. The quantitative estimate of drug-likeness (QED) is 0.602. The number of aliphatic imine (C=N–C) groups is 1. The molecule has 23 heavy (non-hydrogen) atoms. The van der Waals surface area contributed by atoms with E-state index in [2.05, 4.69) is 20.5 Å². The van der Waals surface area contributed by atoms with Gasteiger partial charge in [-0.2, -0.15) is 24.9 Å². The molecule has 0 atom stereocenters. The minimum absolute atomic E-state index is 0.0891. The van der Waals surface area contributed by atoms with Crippen LogP contribution in [0.4, 0.5) is 13.2 Å². The molecule has 2 rings (SSSR count). The first-order valence-corrected chi connectivity index (χ1v) is 9.48. The molecule has 0 aromatic carbocycles. The normalized spacial score (nSPS) is 27.7. The third kappa shape index (κ3) is 6.41. The van der Waals surface area contributed by atoms with E-state index >= 15 is 0 Å². The summed E-state index contributed by atoms with van der Waals surface area (Å²) in [5.41, 5.74) is 0. The number of halogens is 3. The molecule has 1 heterocycles. The van der Waals surface area contributed by atoms with Gasteiger partial charge in [0.2, 0.25) is 0 Å². The molecule has 0 bridgehead atoms. The highest BCUT2D eigenvalue weighted by atomic mass is 32.2. The average molecular weight is 352 g/mol. The average Bonchev–Trinajstić information content (AvgIpc) is 2.54. The second-order valence-electron chi connectivity index (χ2n) is 6.19. The third-order valence-corrected chi connectivity index (χ3v) is 5.52. The molecule has 0 aromatic heterocycles. The van der Waals surface area contributed by atoms with Crippen molar-refractivity contribution in [2.45, 2.75) is 37.9 Å². The maximum absolute atomic E-state index is 12.7. The number of nitrogens with one attached hydrogen (secondary N) is 2. The molecule has 0 aromatic rings. The van der Waals surface area contributed by atoms with Gasteiger partial charge in [0.05, 0.1) is 5.92 Å². The van der Waals surface area contributed by atoms with Crippen LogP contribution < -0.4 is 10.6 Å². The van der Waals surface area contributed by atoms with E-state index in [-0.39, 0.29) is 18.9 Å². The van der Waals surface area contributed by atoms with Gasteiger partial charge < -0.3 is 10.6 Å². The van der Waals surface area contributed by atoms with E-state index in [0.29, 0.717) is 18.8 Å². The zero-order valence-corrected chi connectivity index (χ0v) is 14.5. The molecule has 0 unspecified atom stereocenters. The molecule has 134 valence electrons. The zero-order valence-electron chi connectivity index (χ0n) is 13.7. The van der Waals surface area contributed by atoms with Gasteiger partial charge in [-0.1, -0.05) is 0 Å². The Balaban J connectivity index is 1.65. The SMILES string of the molecule is CN=C(NCCN1CCSCC1)NC1CCC(C(F)(F)F)CC1. The van der Waals surface area contributed by atoms with Crippen LogP contribution in [0.15, 0.2) is 4.99 Å². The second-order valence-corrected chi connectivity index (χ2v) is 7.41. The Morgan fingerprint density at radius 2 is 1.83 bits per heavy atom. The largest absolute Gasteiger partial charge is 0.391 e. The van der Waals surface area contributed by atoms with Crippen molar-refractivity contribution in [3.8, 4) is 0 Å². The van der Waals surface area contributed by atoms with E-state index in [1.165, 1.54) is 11.5 Å². The summed E-state index contributed by atoms with van der Waals surface area (Å²) in [7, 11) is 1.70. The van der Waals surface area contributed by atoms with Crippen LogP contribution in [-0.2, 0) is 0 Å². The molecule has 0 spiro atoms. The highest BCUT2D eigenvalue weighted by Gasteiger charge is 2.41. The summed E-state index contributed by atoms with van der Waals surface area (Å²) in [5, 5.41) is 6.54. The summed E-state index contributed by atoms with van der Waals surface area (Å²) in [4.78, 5) is 6.60. The topological polar surface area (TPSA) is 39.7 Å². The predicted molar refractivity (Wildman–Crippen MR) is 90.1 cm³/mol. The lowest BCUT2D eigenvalue weighted by atomic mass is 9.85. The first-order valence-electron chi connectivity index (χ1n) is 8.33. The van der Waals surface area contributed by atoms with E-state index in [0.717, 1.165) is 26.2 Å². The van der Waals surface area contributed by atoms with Crippen LogP contribution in [0, 0.1) is 5.92 Å². The Bertz CT molecular complexity index is 375. The summed E-state index contributed by atoms with van der Waals surface area (Å²) in [5.74, 6) is 1.95. The van der Waals surface area contributed by atoms with Gasteiger partial charge in [-0.15, -0.1) is 0 Å². The van der Waals surface area contributed by atoms with Gasteiger partial charge >= 0.3 is 6.18 Å². The van der Waals surface area contributed by atoms with Crippen LogP contribution in [0.2, 0.25) is 0 Å². The number of hydrogen-bond acceptors (Lipinski definition) is 3. The van der Waals surface area contributed by atoms with E-state index in [1.54, 1.807) is 7.05 Å². The molecule has 0 amide bonds. The molecule has 1 aliphatic heterocycles. The number of hydrogen-bond donors (Lipinski definition) is 2. The maximum Gasteiger partial charge on any atom is 0.391 e. The summed E-state index contributed by atoms with van der Waals surface area (Å²) >= 11 is 1.99. The van der Waals surface area contributed by atoms with Crippen LogP contribution in [0.1, 0.15) is 25.7 Å². The number of guanidine groups is 1. The fourth-order valence-electron chi connectivity index (χ4n) is 3.11. The minimum atomic E-state index is -4.04. The van der Waals surface area contributed by atoms with Crippen LogP contribution in [0.5, 0.6) is 0 Å². The van der Waals surface area contributed by atoms with Crippen molar-refractivity contribution in [3.63, 3.8) is 0 Å². The molecule has 2 fully saturated rings. The van der Waals surface area contributed by atoms with E-state index in [9.17, 15) is 13.2 Å². The van der Waals surface area contributed by atoms with Crippen LogP contribution in [0.3, 0.4) is 0 Å². The van der Waals surface area contributed by atoms with Gasteiger partial charge in [0.15, 0.2) is 5.96 Å². The summed E-state index contributed by atoms with van der Waals surface area (Å²) in [6.45, 7) is 4.03. The molecule has 2 aliphatic rings. The van der Waals surface area contributed by atoms with Gasteiger partial charge in [0.25, 0.3) is 0 Å². The fourth-order valence-corrected chi connectivity index (χ4v) is 4.09. The summed E-state index contributed by atoms with van der Waals surface area (Å²) in [6, 6.07) is 0.0891. The molecule has 1 saturated carbocycles. The molecule has 2 N–H and O–H groups in total. The number of thioether (sulfide) groups is 1. The van der Waals surface area contributed by atoms with Crippen molar-refractivity contribution in [2.24, 2.45) is 10.9 Å².